The van der Waals surface area contributed by atoms with E-state index in [1.54, 1.807) is 31.2 Å². The third-order valence-electron chi connectivity index (χ3n) is 6.09. The first-order valence-electron chi connectivity index (χ1n) is 11.0. The lowest BCUT2D eigenvalue weighted by Gasteiger charge is -2.25. The van der Waals surface area contributed by atoms with Crippen LogP contribution in [0.15, 0.2) is 29.4 Å². The topological polar surface area (TPSA) is 92.6 Å². The minimum absolute atomic E-state index is 0.133. The van der Waals surface area contributed by atoms with Gasteiger partial charge >= 0.3 is 0 Å². The van der Waals surface area contributed by atoms with E-state index in [1.807, 2.05) is 11.8 Å². The molecule has 0 radical (unpaired) electrons. The van der Waals surface area contributed by atoms with E-state index in [0.717, 1.165) is 18.4 Å². The SMILES string of the molecule is CCCCN1C(=O)c2c(nc(S(=O)(=O)CC)n2Cc2ccc(Cl)cc2)N2CCCC2C1=O. The number of halogens is 1. The van der Waals surface area contributed by atoms with Crippen molar-refractivity contribution >= 4 is 39.1 Å². The summed E-state index contributed by atoms with van der Waals surface area (Å²) in [6, 6.07) is 6.52. The lowest BCUT2D eigenvalue weighted by Crippen LogP contribution is -2.46. The first-order chi connectivity index (χ1) is 15.3. The Bertz CT molecular complexity index is 1140. The molecule has 10 heteroatoms. The van der Waals surface area contributed by atoms with Crippen LogP contribution in [-0.2, 0) is 21.2 Å². The molecule has 3 heterocycles. The van der Waals surface area contributed by atoms with Gasteiger partial charge in [0, 0.05) is 18.1 Å². The number of hydrogen-bond acceptors (Lipinski definition) is 6. The lowest BCUT2D eigenvalue weighted by atomic mass is 10.2. The summed E-state index contributed by atoms with van der Waals surface area (Å²) < 4.78 is 27.4. The van der Waals surface area contributed by atoms with Gasteiger partial charge in [-0.25, -0.2) is 8.42 Å². The largest absolute Gasteiger partial charge is 0.343 e. The first-order valence-corrected chi connectivity index (χ1v) is 13.0. The summed E-state index contributed by atoms with van der Waals surface area (Å²) in [6.07, 6.45) is 2.92. The van der Waals surface area contributed by atoms with Crippen molar-refractivity contribution < 1.29 is 18.0 Å². The van der Waals surface area contributed by atoms with Gasteiger partial charge in [-0.05, 0) is 37.0 Å². The van der Waals surface area contributed by atoms with Crippen LogP contribution >= 0.6 is 11.6 Å². The van der Waals surface area contributed by atoms with E-state index in [2.05, 4.69) is 4.98 Å². The van der Waals surface area contributed by atoms with Crippen molar-refractivity contribution in [3.8, 4) is 0 Å². The molecule has 1 atom stereocenters. The van der Waals surface area contributed by atoms with E-state index in [4.69, 9.17) is 11.6 Å². The number of carbonyl (C=O) groups excluding carboxylic acids is 2. The van der Waals surface area contributed by atoms with Crippen molar-refractivity contribution in [1.82, 2.24) is 14.5 Å². The van der Waals surface area contributed by atoms with Gasteiger partial charge in [0.15, 0.2) is 11.5 Å². The number of sulfone groups is 1. The highest BCUT2D eigenvalue weighted by molar-refractivity contribution is 7.91. The average molecular weight is 479 g/mol. The second-order valence-corrected chi connectivity index (χ2v) is 10.8. The summed E-state index contributed by atoms with van der Waals surface area (Å²) in [4.78, 5) is 34.5. The van der Waals surface area contributed by atoms with Crippen LogP contribution in [0.4, 0.5) is 5.82 Å². The van der Waals surface area contributed by atoms with Gasteiger partial charge in [0.25, 0.3) is 11.8 Å². The second kappa shape index (κ2) is 8.86. The molecule has 0 aliphatic carbocycles. The molecule has 32 heavy (non-hydrogen) atoms. The van der Waals surface area contributed by atoms with E-state index in [0.29, 0.717) is 36.8 Å². The lowest BCUT2D eigenvalue weighted by molar-refractivity contribution is -0.129. The Morgan fingerprint density at radius 3 is 2.53 bits per heavy atom. The zero-order valence-electron chi connectivity index (χ0n) is 18.3. The molecular formula is C22H27ClN4O4S. The van der Waals surface area contributed by atoms with Crippen LogP contribution in [0.1, 0.15) is 55.6 Å². The number of imidazole rings is 1. The highest BCUT2D eigenvalue weighted by Crippen LogP contribution is 2.36. The Balaban J connectivity index is 1.92. The van der Waals surface area contributed by atoms with Crippen molar-refractivity contribution in [3.63, 3.8) is 0 Å². The summed E-state index contributed by atoms with van der Waals surface area (Å²) in [5, 5.41) is 0.427. The second-order valence-electron chi connectivity index (χ2n) is 8.18. The van der Waals surface area contributed by atoms with Gasteiger partial charge in [0.2, 0.25) is 15.0 Å². The smallest absolute Gasteiger partial charge is 0.281 e. The van der Waals surface area contributed by atoms with E-state index in [1.165, 1.54) is 9.47 Å². The molecule has 1 aromatic heterocycles. The number of anilines is 1. The maximum absolute atomic E-state index is 13.7. The predicted octanol–water partition coefficient (Wildman–Crippen LogP) is 3.13. The molecule has 0 N–H and O–H groups in total. The Morgan fingerprint density at radius 1 is 1.16 bits per heavy atom. The standard InChI is InChI=1S/C22H27ClN4O4S/c1-3-5-12-26-20(28)17-7-6-13-25(17)19-18(21(26)29)27(22(24-19)32(30,31)4-2)14-15-8-10-16(23)11-9-15/h8-11,17H,3-7,12-14H2,1-2H3. The number of carbonyl (C=O) groups is 2. The summed E-state index contributed by atoms with van der Waals surface area (Å²) in [6.45, 7) is 4.55. The van der Waals surface area contributed by atoms with Crippen molar-refractivity contribution in [2.24, 2.45) is 0 Å². The molecular weight excluding hydrogens is 452 g/mol. The zero-order chi connectivity index (χ0) is 23.0. The fourth-order valence-electron chi connectivity index (χ4n) is 4.33. The minimum Gasteiger partial charge on any atom is -0.343 e. The maximum atomic E-state index is 13.7. The first kappa shape index (κ1) is 22.8. The number of hydrogen-bond donors (Lipinski definition) is 0. The van der Waals surface area contributed by atoms with Crippen LogP contribution in [0.5, 0.6) is 0 Å². The number of benzene rings is 1. The monoisotopic (exact) mass is 478 g/mol. The molecule has 0 bridgehead atoms. The molecule has 2 aromatic rings. The number of nitrogens with zero attached hydrogens (tertiary/aromatic N) is 4. The summed E-state index contributed by atoms with van der Waals surface area (Å²) in [7, 11) is -3.72. The van der Waals surface area contributed by atoms with Crippen LogP contribution < -0.4 is 4.90 Å². The Hall–Kier alpha value is -2.39. The van der Waals surface area contributed by atoms with Crippen LogP contribution in [0.25, 0.3) is 0 Å². The maximum Gasteiger partial charge on any atom is 0.281 e. The van der Waals surface area contributed by atoms with Crippen molar-refractivity contribution in [1.29, 1.82) is 0 Å². The predicted molar refractivity (Wildman–Crippen MR) is 122 cm³/mol. The Labute approximate surface area is 193 Å². The molecule has 2 aliphatic heterocycles. The van der Waals surface area contributed by atoms with E-state index >= 15 is 0 Å². The quantitative estimate of drug-likeness (QED) is 0.567. The highest BCUT2D eigenvalue weighted by atomic mass is 35.5. The molecule has 0 spiro atoms. The van der Waals surface area contributed by atoms with E-state index < -0.39 is 21.8 Å². The normalized spacial score (nSPS) is 18.7. The Morgan fingerprint density at radius 2 is 1.88 bits per heavy atom. The molecule has 1 saturated heterocycles. The van der Waals surface area contributed by atoms with Crippen molar-refractivity contribution in [2.45, 2.75) is 57.3 Å². The third kappa shape index (κ3) is 3.92. The van der Waals surface area contributed by atoms with Gasteiger partial charge in [-0.1, -0.05) is 44.0 Å². The van der Waals surface area contributed by atoms with E-state index in [9.17, 15) is 18.0 Å². The van der Waals surface area contributed by atoms with Gasteiger partial charge in [-0.2, -0.15) is 4.98 Å². The molecule has 4 rings (SSSR count). The van der Waals surface area contributed by atoms with Crippen LogP contribution in [0, 0.1) is 0 Å². The van der Waals surface area contributed by atoms with Gasteiger partial charge in [0.1, 0.15) is 6.04 Å². The molecule has 2 aliphatic rings. The van der Waals surface area contributed by atoms with Crippen LogP contribution in [0.3, 0.4) is 0 Å². The summed E-state index contributed by atoms with van der Waals surface area (Å²) in [5.74, 6) is -0.547. The number of rotatable bonds is 7. The van der Waals surface area contributed by atoms with Gasteiger partial charge < -0.3 is 9.47 Å². The number of imide groups is 1. The average Bonchev–Trinajstić information content (AvgIpc) is 3.38. The molecule has 8 nitrogen and oxygen atoms in total. The summed E-state index contributed by atoms with van der Waals surface area (Å²) >= 11 is 6.00. The van der Waals surface area contributed by atoms with Crippen LogP contribution in [0.2, 0.25) is 5.02 Å². The number of amides is 2. The van der Waals surface area contributed by atoms with Crippen molar-refractivity contribution in [2.75, 3.05) is 23.7 Å². The molecule has 1 unspecified atom stereocenters. The fourth-order valence-corrected chi connectivity index (χ4v) is 5.43. The molecule has 172 valence electrons. The molecule has 2 amide bonds. The van der Waals surface area contributed by atoms with Gasteiger partial charge in [-0.3, -0.25) is 14.5 Å². The van der Waals surface area contributed by atoms with Gasteiger partial charge in [-0.15, -0.1) is 0 Å². The third-order valence-corrected chi connectivity index (χ3v) is 7.97. The summed E-state index contributed by atoms with van der Waals surface area (Å²) in [5.41, 5.74) is 0.949. The minimum atomic E-state index is -3.72. The number of aromatic nitrogens is 2. The fraction of sp³-hybridized carbons (Fsp3) is 0.500. The van der Waals surface area contributed by atoms with Crippen LogP contribution in [-0.4, -0.2) is 59.6 Å². The molecule has 1 fully saturated rings. The molecule has 1 aromatic carbocycles. The van der Waals surface area contributed by atoms with Gasteiger partial charge in [0.05, 0.1) is 12.3 Å². The number of unbranched alkanes of at least 4 members (excludes halogenated alkanes) is 1. The Kier molecular flexibility index (Phi) is 6.31. The zero-order valence-corrected chi connectivity index (χ0v) is 19.8. The highest BCUT2D eigenvalue weighted by Gasteiger charge is 2.45. The van der Waals surface area contributed by atoms with E-state index in [-0.39, 0.29) is 29.1 Å². The van der Waals surface area contributed by atoms with Crippen molar-refractivity contribution in [3.05, 3.63) is 40.5 Å². The number of fused-ring (bicyclic) bond motifs is 3. The molecule has 0 saturated carbocycles.